The first-order valence-electron chi connectivity index (χ1n) is 8.70. The summed E-state index contributed by atoms with van der Waals surface area (Å²) in [6.45, 7) is 5.05. The molecule has 128 valence electrons. The van der Waals surface area contributed by atoms with Gasteiger partial charge in [0.15, 0.2) is 0 Å². The zero-order valence-corrected chi connectivity index (χ0v) is 15.2. The van der Waals surface area contributed by atoms with Crippen molar-refractivity contribution in [3.8, 4) is 22.3 Å². The Bertz CT molecular complexity index is 869. The van der Waals surface area contributed by atoms with Crippen LogP contribution in [0.25, 0.3) is 22.3 Å². The molecule has 3 rings (SSSR count). The summed E-state index contributed by atoms with van der Waals surface area (Å²) in [6.07, 6.45) is 0. The van der Waals surface area contributed by atoms with Crippen molar-refractivity contribution in [2.45, 2.75) is 13.8 Å². The van der Waals surface area contributed by atoms with Gasteiger partial charge >= 0.3 is 0 Å². The Labute approximate surface area is 150 Å². The lowest BCUT2D eigenvalue weighted by Gasteiger charge is -2.25. The molecule has 0 radical (unpaired) electrons. The third-order valence-electron chi connectivity index (χ3n) is 4.74. The molecule has 0 spiro atoms. The molecular weight excluding hydrogens is 306 g/mol. The molecule has 0 aromatic heterocycles. The number of anilines is 1. The van der Waals surface area contributed by atoms with Crippen LogP contribution in [0.4, 0.5) is 5.69 Å². The predicted octanol–water partition coefficient (Wildman–Crippen LogP) is 5.07. The maximum absolute atomic E-state index is 9.40. The van der Waals surface area contributed by atoms with E-state index in [4.69, 9.17) is 0 Å². The van der Waals surface area contributed by atoms with Crippen molar-refractivity contribution in [3.05, 3.63) is 77.9 Å². The molecule has 2 nitrogen and oxygen atoms in total. The highest BCUT2D eigenvalue weighted by Crippen LogP contribution is 2.41. The lowest BCUT2D eigenvalue weighted by molar-refractivity contribution is 0.304. The largest absolute Gasteiger partial charge is 0.395 e. The number of nitrogens with zero attached hydrogens (tertiary/aromatic N) is 1. The van der Waals surface area contributed by atoms with Crippen molar-refractivity contribution in [1.29, 1.82) is 0 Å². The molecular formula is C23H25NO. The second-order valence-corrected chi connectivity index (χ2v) is 6.47. The average Bonchev–Trinajstić information content (AvgIpc) is 2.62. The van der Waals surface area contributed by atoms with Gasteiger partial charge in [0.25, 0.3) is 0 Å². The highest BCUT2D eigenvalue weighted by molar-refractivity contribution is 5.94. The van der Waals surface area contributed by atoms with Gasteiger partial charge in [-0.2, -0.15) is 0 Å². The molecule has 0 aliphatic rings. The molecule has 3 aromatic carbocycles. The topological polar surface area (TPSA) is 23.5 Å². The summed E-state index contributed by atoms with van der Waals surface area (Å²) in [5.74, 6) is 0. The van der Waals surface area contributed by atoms with Gasteiger partial charge in [-0.1, -0.05) is 60.7 Å². The summed E-state index contributed by atoms with van der Waals surface area (Å²) >= 11 is 0. The van der Waals surface area contributed by atoms with E-state index >= 15 is 0 Å². The fourth-order valence-corrected chi connectivity index (χ4v) is 3.36. The van der Waals surface area contributed by atoms with Gasteiger partial charge in [0.1, 0.15) is 0 Å². The summed E-state index contributed by atoms with van der Waals surface area (Å²) < 4.78 is 0. The van der Waals surface area contributed by atoms with Gasteiger partial charge in [-0.05, 0) is 47.7 Å². The van der Waals surface area contributed by atoms with E-state index in [9.17, 15) is 5.11 Å². The summed E-state index contributed by atoms with van der Waals surface area (Å²) in [7, 11) is 2.04. The van der Waals surface area contributed by atoms with E-state index in [1.165, 1.54) is 33.4 Å². The second-order valence-electron chi connectivity index (χ2n) is 6.47. The average molecular weight is 331 g/mol. The predicted molar refractivity (Wildman–Crippen MR) is 107 cm³/mol. The van der Waals surface area contributed by atoms with Crippen LogP contribution in [-0.4, -0.2) is 25.3 Å². The van der Waals surface area contributed by atoms with Crippen LogP contribution in [0.2, 0.25) is 0 Å². The molecule has 0 aliphatic heterocycles. The van der Waals surface area contributed by atoms with Crippen molar-refractivity contribution < 1.29 is 5.11 Å². The molecule has 0 saturated heterocycles. The maximum Gasteiger partial charge on any atom is 0.0606 e. The molecule has 2 heteroatoms. The van der Waals surface area contributed by atoms with E-state index in [0.29, 0.717) is 6.54 Å². The Balaban J connectivity index is 2.31. The van der Waals surface area contributed by atoms with E-state index in [2.05, 4.69) is 85.5 Å². The van der Waals surface area contributed by atoms with Crippen molar-refractivity contribution in [1.82, 2.24) is 0 Å². The van der Waals surface area contributed by atoms with Crippen LogP contribution in [0, 0.1) is 13.8 Å². The molecule has 0 bridgehead atoms. The van der Waals surface area contributed by atoms with Crippen LogP contribution in [0.15, 0.2) is 66.7 Å². The van der Waals surface area contributed by atoms with Crippen LogP contribution >= 0.6 is 0 Å². The number of rotatable bonds is 5. The van der Waals surface area contributed by atoms with Crippen molar-refractivity contribution in [2.75, 3.05) is 25.1 Å². The number of aryl methyl sites for hydroxylation is 2. The Morgan fingerprint density at radius 3 is 1.88 bits per heavy atom. The SMILES string of the molecule is Cc1ccccc1-c1cccc(N(C)CCO)c1-c1ccccc1C. The molecule has 3 aromatic rings. The van der Waals surface area contributed by atoms with Crippen LogP contribution in [-0.2, 0) is 0 Å². The molecule has 0 saturated carbocycles. The zero-order valence-electron chi connectivity index (χ0n) is 15.2. The Hall–Kier alpha value is -2.58. The van der Waals surface area contributed by atoms with E-state index in [0.717, 1.165) is 5.69 Å². The van der Waals surface area contributed by atoms with E-state index in [-0.39, 0.29) is 6.61 Å². The smallest absolute Gasteiger partial charge is 0.0606 e. The standard InChI is InChI=1S/C23H25NO/c1-17-9-4-6-11-19(17)21-13-8-14-22(24(3)15-16-25)23(21)20-12-7-5-10-18(20)2/h4-14,25H,15-16H2,1-3H3. The van der Waals surface area contributed by atoms with Gasteiger partial charge < -0.3 is 10.0 Å². The fourth-order valence-electron chi connectivity index (χ4n) is 3.36. The first-order valence-corrected chi connectivity index (χ1v) is 8.70. The van der Waals surface area contributed by atoms with E-state index < -0.39 is 0 Å². The van der Waals surface area contributed by atoms with E-state index in [1.54, 1.807) is 0 Å². The number of aliphatic hydroxyl groups is 1. The summed E-state index contributed by atoms with van der Waals surface area (Å²) in [5, 5.41) is 9.40. The van der Waals surface area contributed by atoms with Gasteiger partial charge in [-0.15, -0.1) is 0 Å². The third kappa shape index (κ3) is 3.45. The molecule has 0 unspecified atom stereocenters. The minimum Gasteiger partial charge on any atom is -0.395 e. The quantitative estimate of drug-likeness (QED) is 0.706. The van der Waals surface area contributed by atoms with E-state index in [1.807, 2.05) is 7.05 Å². The first-order chi connectivity index (χ1) is 12.1. The van der Waals surface area contributed by atoms with Gasteiger partial charge in [-0.3, -0.25) is 0 Å². The monoisotopic (exact) mass is 331 g/mol. The number of likely N-dealkylation sites (N-methyl/N-ethyl adjacent to an activating group) is 1. The van der Waals surface area contributed by atoms with Crippen LogP contribution in [0.3, 0.4) is 0 Å². The molecule has 0 fully saturated rings. The Morgan fingerprint density at radius 2 is 1.28 bits per heavy atom. The highest BCUT2D eigenvalue weighted by atomic mass is 16.3. The van der Waals surface area contributed by atoms with Crippen molar-refractivity contribution in [3.63, 3.8) is 0 Å². The van der Waals surface area contributed by atoms with Crippen molar-refractivity contribution >= 4 is 5.69 Å². The third-order valence-corrected chi connectivity index (χ3v) is 4.74. The lowest BCUT2D eigenvalue weighted by atomic mass is 9.89. The second kappa shape index (κ2) is 7.54. The van der Waals surface area contributed by atoms with Gasteiger partial charge in [0, 0.05) is 24.8 Å². The Morgan fingerprint density at radius 1 is 0.720 bits per heavy atom. The zero-order chi connectivity index (χ0) is 17.8. The maximum atomic E-state index is 9.40. The minimum atomic E-state index is 0.137. The molecule has 25 heavy (non-hydrogen) atoms. The van der Waals surface area contributed by atoms with Crippen LogP contribution in [0.5, 0.6) is 0 Å². The molecule has 1 N–H and O–H groups in total. The van der Waals surface area contributed by atoms with Crippen molar-refractivity contribution in [2.24, 2.45) is 0 Å². The summed E-state index contributed by atoms with van der Waals surface area (Å²) in [4.78, 5) is 2.13. The first kappa shape index (κ1) is 17.2. The summed E-state index contributed by atoms with van der Waals surface area (Å²) in [6, 6.07) is 23.4. The van der Waals surface area contributed by atoms with Gasteiger partial charge in [0.05, 0.1) is 6.61 Å². The minimum absolute atomic E-state index is 0.137. The number of benzene rings is 3. The summed E-state index contributed by atoms with van der Waals surface area (Å²) in [5.41, 5.74) is 8.60. The van der Waals surface area contributed by atoms with Crippen LogP contribution < -0.4 is 4.90 Å². The molecule has 0 amide bonds. The fraction of sp³-hybridized carbons (Fsp3) is 0.217. The number of aliphatic hydroxyl groups excluding tert-OH is 1. The molecule has 0 heterocycles. The van der Waals surface area contributed by atoms with Gasteiger partial charge in [0.2, 0.25) is 0 Å². The Kier molecular flexibility index (Phi) is 5.20. The normalized spacial score (nSPS) is 10.7. The number of hydrogen-bond donors (Lipinski definition) is 1. The molecule has 0 atom stereocenters. The van der Waals surface area contributed by atoms with Crippen LogP contribution in [0.1, 0.15) is 11.1 Å². The van der Waals surface area contributed by atoms with Gasteiger partial charge in [-0.25, -0.2) is 0 Å². The molecule has 0 aliphatic carbocycles. The lowest BCUT2D eigenvalue weighted by Crippen LogP contribution is -2.22. The highest BCUT2D eigenvalue weighted by Gasteiger charge is 2.17. The number of hydrogen-bond acceptors (Lipinski definition) is 2.